The fourth-order valence-corrected chi connectivity index (χ4v) is 3.58. The van der Waals surface area contributed by atoms with Crippen LogP contribution in [0.5, 0.6) is 0 Å². The minimum absolute atomic E-state index is 0.0876. The van der Waals surface area contributed by atoms with Gasteiger partial charge < -0.3 is 15.5 Å². The summed E-state index contributed by atoms with van der Waals surface area (Å²) >= 11 is 6.99. The fourth-order valence-electron chi connectivity index (χ4n) is 2.37. The molecule has 1 fully saturated rings. The second-order valence-corrected chi connectivity index (χ2v) is 6.99. The van der Waals surface area contributed by atoms with Gasteiger partial charge in [0.15, 0.2) is 0 Å². The molecule has 0 bridgehead atoms. The topological polar surface area (TPSA) is 92.7 Å². The molecule has 7 nitrogen and oxygen atoms in total. The van der Waals surface area contributed by atoms with Crippen LogP contribution in [-0.2, 0) is 10.5 Å². The normalized spacial score (nSPS) is 14.5. The Labute approximate surface area is 150 Å². The first kappa shape index (κ1) is 18.6. The summed E-state index contributed by atoms with van der Waals surface area (Å²) in [5.74, 6) is 0.768. The van der Waals surface area contributed by atoms with E-state index in [4.69, 9.17) is 18.0 Å². The van der Waals surface area contributed by atoms with E-state index in [1.165, 1.54) is 23.9 Å². The van der Waals surface area contributed by atoms with Crippen molar-refractivity contribution in [2.24, 2.45) is 5.73 Å². The number of carbonyl (C=O) groups excluding carboxylic acids is 1. The number of thioether (sulfide) groups is 1. The lowest BCUT2D eigenvalue weighted by Crippen LogP contribution is -2.49. The van der Waals surface area contributed by atoms with Gasteiger partial charge in [-0.1, -0.05) is 36.1 Å². The number of hydrogen-bond acceptors (Lipinski definition) is 6. The van der Waals surface area contributed by atoms with Gasteiger partial charge in [0.25, 0.3) is 5.69 Å². The number of amides is 1. The SMILES string of the molecule is NCCC(=O)N1CCN(C(=S)SCc2ccc([N+](=O)[O-])cc2)CC1. The Kier molecular flexibility index (Phi) is 6.95. The Morgan fingerprint density at radius 2 is 1.79 bits per heavy atom. The molecule has 1 aromatic carbocycles. The van der Waals surface area contributed by atoms with Gasteiger partial charge in [-0.3, -0.25) is 14.9 Å². The lowest BCUT2D eigenvalue weighted by molar-refractivity contribution is -0.384. The van der Waals surface area contributed by atoms with E-state index in [-0.39, 0.29) is 11.6 Å². The van der Waals surface area contributed by atoms with E-state index >= 15 is 0 Å². The first-order valence-electron chi connectivity index (χ1n) is 7.64. The van der Waals surface area contributed by atoms with Gasteiger partial charge in [-0.05, 0) is 5.56 Å². The Hall–Kier alpha value is -1.71. The van der Waals surface area contributed by atoms with Gasteiger partial charge in [-0.25, -0.2) is 0 Å². The molecule has 0 atom stereocenters. The molecule has 1 amide bonds. The molecule has 24 heavy (non-hydrogen) atoms. The lowest BCUT2D eigenvalue weighted by atomic mass is 10.2. The number of nitrogens with zero attached hydrogens (tertiary/aromatic N) is 3. The first-order chi connectivity index (χ1) is 11.5. The molecular weight excluding hydrogens is 348 g/mol. The third-order valence-electron chi connectivity index (χ3n) is 3.76. The number of nitro benzene ring substituents is 1. The summed E-state index contributed by atoms with van der Waals surface area (Å²) in [5.41, 5.74) is 6.49. The van der Waals surface area contributed by atoms with Crippen molar-refractivity contribution in [1.82, 2.24) is 9.80 Å². The minimum Gasteiger partial charge on any atom is -0.354 e. The number of benzene rings is 1. The van der Waals surface area contributed by atoms with Gasteiger partial charge in [0, 0.05) is 57.0 Å². The summed E-state index contributed by atoms with van der Waals surface area (Å²) in [6.07, 6.45) is 0.388. The average molecular weight is 368 g/mol. The van der Waals surface area contributed by atoms with Crippen molar-refractivity contribution >= 4 is 39.9 Å². The average Bonchev–Trinajstić information content (AvgIpc) is 2.60. The molecule has 9 heteroatoms. The monoisotopic (exact) mass is 368 g/mol. The number of nitrogens with two attached hydrogens (primary N) is 1. The number of carbonyl (C=O) groups is 1. The summed E-state index contributed by atoms with van der Waals surface area (Å²) < 4.78 is 0.791. The highest BCUT2D eigenvalue weighted by molar-refractivity contribution is 8.22. The molecule has 1 aliphatic rings. The quantitative estimate of drug-likeness (QED) is 0.479. The van der Waals surface area contributed by atoms with Crippen LogP contribution in [0, 0.1) is 10.1 Å². The molecule has 1 aromatic rings. The number of thiocarbonyl (C=S) groups is 1. The van der Waals surface area contributed by atoms with Gasteiger partial charge in [-0.2, -0.15) is 0 Å². The van der Waals surface area contributed by atoms with Crippen molar-refractivity contribution in [3.8, 4) is 0 Å². The predicted molar refractivity (Wildman–Crippen MR) is 98.8 cm³/mol. The summed E-state index contributed by atoms with van der Waals surface area (Å²) in [6, 6.07) is 6.50. The molecule has 0 aromatic heterocycles. The highest BCUT2D eigenvalue weighted by atomic mass is 32.2. The Morgan fingerprint density at radius 1 is 1.21 bits per heavy atom. The zero-order valence-corrected chi connectivity index (χ0v) is 14.9. The first-order valence-corrected chi connectivity index (χ1v) is 9.03. The number of nitro groups is 1. The second kappa shape index (κ2) is 8.95. The largest absolute Gasteiger partial charge is 0.354 e. The standard InChI is InChI=1S/C15H20N4O3S2/c16-6-5-14(20)17-7-9-18(10-8-17)15(23)24-11-12-1-3-13(4-2-12)19(21)22/h1-4H,5-11,16H2. The lowest BCUT2D eigenvalue weighted by Gasteiger charge is -2.36. The van der Waals surface area contributed by atoms with Crippen LogP contribution in [0.2, 0.25) is 0 Å². The van der Waals surface area contributed by atoms with Crippen molar-refractivity contribution in [1.29, 1.82) is 0 Å². The number of piperazine rings is 1. The van der Waals surface area contributed by atoms with Crippen molar-refractivity contribution in [2.75, 3.05) is 32.7 Å². The van der Waals surface area contributed by atoms with Crippen LogP contribution >= 0.6 is 24.0 Å². The second-order valence-electron chi connectivity index (χ2n) is 5.38. The van der Waals surface area contributed by atoms with Crippen LogP contribution in [0.15, 0.2) is 24.3 Å². The summed E-state index contributed by atoms with van der Waals surface area (Å²) in [4.78, 5) is 26.0. The van der Waals surface area contributed by atoms with Crippen LogP contribution in [-0.4, -0.2) is 57.7 Å². The van der Waals surface area contributed by atoms with Gasteiger partial charge >= 0.3 is 0 Å². The number of hydrogen-bond donors (Lipinski definition) is 1. The predicted octanol–water partition coefficient (Wildman–Crippen LogP) is 1.61. The Balaban J connectivity index is 1.77. The zero-order chi connectivity index (χ0) is 17.5. The maximum Gasteiger partial charge on any atom is 0.269 e. The summed E-state index contributed by atoms with van der Waals surface area (Å²) in [7, 11) is 0. The van der Waals surface area contributed by atoms with E-state index in [0.717, 1.165) is 23.0 Å². The molecule has 0 saturated carbocycles. The van der Waals surface area contributed by atoms with Crippen LogP contribution in [0.1, 0.15) is 12.0 Å². The van der Waals surface area contributed by atoms with Crippen molar-refractivity contribution in [2.45, 2.75) is 12.2 Å². The van der Waals surface area contributed by atoms with Crippen molar-refractivity contribution in [3.63, 3.8) is 0 Å². The van der Waals surface area contributed by atoms with E-state index in [1.54, 1.807) is 12.1 Å². The molecule has 1 saturated heterocycles. The minimum atomic E-state index is -0.410. The van der Waals surface area contributed by atoms with E-state index in [2.05, 4.69) is 4.90 Å². The molecule has 2 N–H and O–H groups in total. The van der Waals surface area contributed by atoms with E-state index in [1.807, 2.05) is 4.90 Å². The Bertz CT molecular complexity index is 601. The van der Waals surface area contributed by atoms with E-state index in [9.17, 15) is 14.9 Å². The smallest absolute Gasteiger partial charge is 0.269 e. The summed E-state index contributed by atoms with van der Waals surface area (Å²) in [5, 5.41) is 10.6. The summed E-state index contributed by atoms with van der Waals surface area (Å²) in [6.45, 7) is 3.15. The highest BCUT2D eigenvalue weighted by Gasteiger charge is 2.22. The third kappa shape index (κ3) is 5.15. The van der Waals surface area contributed by atoms with Crippen LogP contribution in [0.3, 0.4) is 0 Å². The molecule has 0 spiro atoms. The fraction of sp³-hybridized carbons (Fsp3) is 0.467. The van der Waals surface area contributed by atoms with Gasteiger partial charge in [0.2, 0.25) is 5.91 Å². The van der Waals surface area contributed by atoms with E-state index < -0.39 is 4.92 Å². The van der Waals surface area contributed by atoms with Crippen molar-refractivity contribution < 1.29 is 9.72 Å². The molecule has 1 heterocycles. The molecule has 1 aliphatic heterocycles. The van der Waals surface area contributed by atoms with Crippen LogP contribution in [0.25, 0.3) is 0 Å². The maximum absolute atomic E-state index is 11.8. The molecule has 0 aliphatic carbocycles. The van der Waals surface area contributed by atoms with Gasteiger partial charge in [0.1, 0.15) is 4.32 Å². The van der Waals surface area contributed by atoms with Crippen LogP contribution in [0.4, 0.5) is 5.69 Å². The molecular formula is C15H20N4O3S2. The van der Waals surface area contributed by atoms with Crippen molar-refractivity contribution in [3.05, 3.63) is 39.9 Å². The van der Waals surface area contributed by atoms with Crippen LogP contribution < -0.4 is 5.73 Å². The number of non-ortho nitro benzene ring substituents is 1. The Morgan fingerprint density at radius 3 is 2.33 bits per heavy atom. The molecule has 2 rings (SSSR count). The molecule has 0 radical (unpaired) electrons. The van der Waals surface area contributed by atoms with E-state index in [0.29, 0.717) is 31.8 Å². The van der Waals surface area contributed by atoms with Gasteiger partial charge in [-0.15, -0.1) is 0 Å². The zero-order valence-electron chi connectivity index (χ0n) is 13.2. The highest BCUT2D eigenvalue weighted by Crippen LogP contribution is 2.20. The maximum atomic E-state index is 11.8. The number of rotatable bonds is 5. The third-order valence-corrected chi connectivity index (χ3v) is 5.35. The molecule has 0 unspecified atom stereocenters. The molecule has 130 valence electrons. The van der Waals surface area contributed by atoms with Gasteiger partial charge in [0.05, 0.1) is 4.92 Å².